The van der Waals surface area contributed by atoms with E-state index in [-0.39, 0.29) is 55.0 Å². The van der Waals surface area contributed by atoms with E-state index in [0.717, 1.165) is 22.8 Å². The van der Waals surface area contributed by atoms with E-state index >= 15 is 0 Å². The van der Waals surface area contributed by atoms with Gasteiger partial charge in [0.2, 0.25) is 15.9 Å². The summed E-state index contributed by atoms with van der Waals surface area (Å²) in [6.45, 7) is 6.56. The molecule has 1 amide bonds. The molecule has 0 unspecified atom stereocenters. The Balaban J connectivity index is 1.82. The lowest BCUT2D eigenvalue weighted by Gasteiger charge is -2.26. The van der Waals surface area contributed by atoms with Crippen LogP contribution in [-0.4, -0.2) is 63.4 Å². The lowest BCUT2D eigenvalue weighted by molar-refractivity contribution is -0.384. The minimum Gasteiger partial charge on any atom is -0.379 e. The minimum atomic E-state index is -3.89. The van der Waals surface area contributed by atoms with Crippen LogP contribution in [0, 0.1) is 30.9 Å². The van der Waals surface area contributed by atoms with Gasteiger partial charge in [-0.2, -0.15) is 4.31 Å². The molecule has 0 aromatic heterocycles. The summed E-state index contributed by atoms with van der Waals surface area (Å²) in [5.41, 5.74) is 3.40. The number of hydrogen-bond acceptors (Lipinski definition) is 7. The van der Waals surface area contributed by atoms with Gasteiger partial charge in [-0.1, -0.05) is 17.7 Å². The highest BCUT2D eigenvalue weighted by molar-refractivity contribution is 7.89. The van der Waals surface area contributed by atoms with Gasteiger partial charge in [0.1, 0.15) is 5.69 Å². The fourth-order valence-corrected chi connectivity index (χ4v) is 5.35. The number of sulfonamides is 1. The molecule has 0 atom stereocenters. The minimum absolute atomic E-state index is 0.147. The maximum atomic E-state index is 12.9. The second-order valence-electron chi connectivity index (χ2n) is 8.10. The van der Waals surface area contributed by atoms with Crippen LogP contribution < -0.4 is 10.2 Å². The molecule has 0 radical (unpaired) electrons. The molecule has 1 fully saturated rings. The van der Waals surface area contributed by atoms with Crippen molar-refractivity contribution >= 4 is 33.0 Å². The van der Waals surface area contributed by atoms with Crippen molar-refractivity contribution in [3.63, 3.8) is 0 Å². The number of nitro benzene ring substituents is 1. The molecule has 1 N–H and O–H groups in total. The number of aryl methyl sites for hydroxylation is 3. The van der Waals surface area contributed by atoms with Crippen LogP contribution in [0.4, 0.5) is 17.1 Å². The largest absolute Gasteiger partial charge is 0.379 e. The summed E-state index contributed by atoms with van der Waals surface area (Å²) < 4.78 is 32.2. The highest BCUT2D eigenvalue weighted by Gasteiger charge is 2.29. The summed E-state index contributed by atoms with van der Waals surface area (Å²) in [5, 5.41) is 14.6. The molecule has 178 valence electrons. The number of likely N-dealkylation sites (N-methyl/N-ethyl adjacent to an activating group) is 1. The first-order valence-electron chi connectivity index (χ1n) is 10.5. The molecule has 0 spiro atoms. The Hall–Kier alpha value is -3.02. The fraction of sp³-hybridized carbons (Fsp3) is 0.409. The second kappa shape index (κ2) is 9.86. The van der Waals surface area contributed by atoms with Gasteiger partial charge in [-0.15, -0.1) is 0 Å². The molecule has 1 aliphatic heterocycles. The van der Waals surface area contributed by atoms with Gasteiger partial charge < -0.3 is 15.0 Å². The van der Waals surface area contributed by atoms with Crippen LogP contribution in [0.5, 0.6) is 0 Å². The molecule has 2 aromatic carbocycles. The van der Waals surface area contributed by atoms with Gasteiger partial charge in [0.25, 0.3) is 5.69 Å². The Morgan fingerprint density at radius 1 is 1.15 bits per heavy atom. The smallest absolute Gasteiger partial charge is 0.293 e. The maximum Gasteiger partial charge on any atom is 0.293 e. The van der Waals surface area contributed by atoms with E-state index < -0.39 is 14.9 Å². The monoisotopic (exact) mass is 476 g/mol. The quantitative estimate of drug-likeness (QED) is 0.481. The summed E-state index contributed by atoms with van der Waals surface area (Å²) in [5.74, 6) is -0.341. The van der Waals surface area contributed by atoms with Crippen LogP contribution in [0.3, 0.4) is 0 Å². The van der Waals surface area contributed by atoms with E-state index in [1.807, 2.05) is 32.9 Å². The zero-order chi connectivity index (χ0) is 24.3. The van der Waals surface area contributed by atoms with Crippen molar-refractivity contribution < 1.29 is 22.9 Å². The fourth-order valence-electron chi connectivity index (χ4n) is 3.93. The van der Waals surface area contributed by atoms with Gasteiger partial charge in [0.15, 0.2) is 0 Å². The summed E-state index contributed by atoms with van der Waals surface area (Å²) in [7, 11) is -2.34. The Morgan fingerprint density at radius 3 is 2.33 bits per heavy atom. The van der Waals surface area contributed by atoms with Crippen LogP contribution in [0.1, 0.15) is 16.7 Å². The Labute approximate surface area is 193 Å². The Kier molecular flexibility index (Phi) is 7.35. The third-order valence-corrected chi connectivity index (χ3v) is 7.38. The molecule has 33 heavy (non-hydrogen) atoms. The standard InChI is InChI=1S/C22H28N4O6S/c1-15-11-16(2)22(17(3)12-15)23-21(27)14-24(4)19-6-5-18(13-20(19)26(28)29)33(30,31)25-7-9-32-10-8-25/h5-6,11-13H,7-10,14H2,1-4H3,(H,23,27). The highest BCUT2D eigenvalue weighted by atomic mass is 32.2. The molecule has 0 saturated carbocycles. The van der Waals surface area contributed by atoms with E-state index in [4.69, 9.17) is 4.74 Å². The number of benzene rings is 2. The van der Waals surface area contributed by atoms with Gasteiger partial charge in [-0.3, -0.25) is 14.9 Å². The van der Waals surface area contributed by atoms with Crippen LogP contribution in [-0.2, 0) is 19.6 Å². The number of rotatable bonds is 7. The van der Waals surface area contributed by atoms with Gasteiger partial charge in [-0.05, 0) is 44.0 Å². The van der Waals surface area contributed by atoms with Gasteiger partial charge in [0.05, 0.1) is 29.6 Å². The molecule has 1 heterocycles. The van der Waals surface area contributed by atoms with Crippen molar-refractivity contribution in [3.05, 3.63) is 57.1 Å². The van der Waals surface area contributed by atoms with Crippen LogP contribution >= 0.6 is 0 Å². The second-order valence-corrected chi connectivity index (χ2v) is 10.0. The number of anilines is 2. The van der Waals surface area contributed by atoms with E-state index in [2.05, 4.69) is 5.32 Å². The molecule has 1 saturated heterocycles. The molecule has 3 rings (SSSR count). The summed E-state index contributed by atoms with van der Waals surface area (Å²) in [4.78, 5) is 25.0. The van der Waals surface area contributed by atoms with Gasteiger partial charge in [0, 0.05) is 31.9 Å². The van der Waals surface area contributed by atoms with Crippen molar-refractivity contribution in [1.82, 2.24) is 4.31 Å². The lowest BCUT2D eigenvalue weighted by Crippen LogP contribution is -2.40. The average Bonchev–Trinajstić information content (AvgIpc) is 2.76. The molecule has 10 nitrogen and oxygen atoms in total. The predicted octanol–water partition coefficient (Wildman–Crippen LogP) is 2.62. The number of nitrogens with zero attached hydrogens (tertiary/aromatic N) is 3. The lowest BCUT2D eigenvalue weighted by atomic mass is 10.1. The topological polar surface area (TPSA) is 122 Å². The number of carbonyl (C=O) groups is 1. The average molecular weight is 477 g/mol. The van der Waals surface area contributed by atoms with Gasteiger partial charge >= 0.3 is 0 Å². The number of ether oxygens (including phenoxy) is 1. The zero-order valence-electron chi connectivity index (χ0n) is 19.1. The number of morpholine rings is 1. The zero-order valence-corrected chi connectivity index (χ0v) is 19.9. The molecular weight excluding hydrogens is 448 g/mol. The molecule has 0 aliphatic carbocycles. The predicted molar refractivity (Wildman–Crippen MR) is 125 cm³/mol. The van der Waals surface area contributed by atoms with Crippen molar-refractivity contribution in [3.8, 4) is 0 Å². The first kappa shape index (κ1) is 24.6. The van der Waals surface area contributed by atoms with Crippen LogP contribution in [0.15, 0.2) is 35.2 Å². The van der Waals surface area contributed by atoms with Crippen LogP contribution in [0.25, 0.3) is 0 Å². The normalized spacial score (nSPS) is 14.7. The molecule has 2 aromatic rings. The first-order chi connectivity index (χ1) is 15.5. The molecule has 0 bridgehead atoms. The summed E-state index contributed by atoms with van der Waals surface area (Å²) >= 11 is 0. The Bertz CT molecular complexity index is 1150. The number of hydrogen-bond donors (Lipinski definition) is 1. The van der Waals surface area contributed by atoms with E-state index in [9.17, 15) is 23.3 Å². The number of amides is 1. The highest BCUT2D eigenvalue weighted by Crippen LogP contribution is 2.31. The summed E-state index contributed by atoms with van der Waals surface area (Å²) in [6.07, 6.45) is 0. The molecule has 1 aliphatic rings. The SMILES string of the molecule is Cc1cc(C)c(NC(=O)CN(C)c2ccc(S(=O)(=O)N3CCOCC3)cc2[N+](=O)[O-])c(C)c1. The van der Waals surface area contributed by atoms with Crippen molar-refractivity contribution in [2.24, 2.45) is 0 Å². The number of carbonyl (C=O) groups excluding carboxylic acids is 1. The van der Waals surface area contributed by atoms with E-state index in [1.165, 1.54) is 21.3 Å². The van der Waals surface area contributed by atoms with Gasteiger partial charge in [-0.25, -0.2) is 8.42 Å². The van der Waals surface area contributed by atoms with Crippen molar-refractivity contribution in [2.45, 2.75) is 25.7 Å². The molecule has 11 heteroatoms. The Morgan fingerprint density at radius 2 is 1.76 bits per heavy atom. The maximum absolute atomic E-state index is 12.9. The van der Waals surface area contributed by atoms with E-state index in [1.54, 1.807) is 7.05 Å². The third-order valence-electron chi connectivity index (χ3n) is 5.48. The van der Waals surface area contributed by atoms with Crippen LogP contribution in [0.2, 0.25) is 0 Å². The van der Waals surface area contributed by atoms with Crippen molar-refractivity contribution in [1.29, 1.82) is 0 Å². The number of nitrogens with one attached hydrogen (secondary N) is 1. The van der Waals surface area contributed by atoms with Crippen molar-refractivity contribution in [2.75, 3.05) is 50.1 Å². The number of nitro groups is 1. The van der Waals surface area contributed by atoms with E-state index in [0.29, 0.717) is 5.69 Å². The first-order valence-corrected chi connectivity index (χ1v) is 11.9. The molecular formula is C22H28N4O6S. The summed E-state index contributed by atoms with van der Waals surface area (Å²) in [6, 6.07) is 7.66. The third kappa shape index (κ3) is 5.49.